The summed E-state index contributed by atoms with van der Waals surface area (Å²) in [6, 6.07) is 7.97. The lowest BCUT2D eigenvalue weighted by atomic mass is 9.83. The predicted molar refractivity (Wildman–Crippen MR) is 121 cm³/mol. The molecule has 9 heteroatoms. The third kappa shape index (κ3) is 3.06. The first-order chi connectivity index (χ1) is 14.4. The average Bonchev–Trinajstić information content (AvgIpc) is 3.47. The number of fused-ring (bicyclic) bond motifs is 3. The second kappa shape index (κ2) is 6.96. The van der Waals surface area contributed by atoms with Crippen LogP contribution in [-0.4, -0.2) is 30.4 Å². The lowest BCUT2D eigenvalue weighted by Gasteiger charge is -2.24. The zero-order valence-electron chi connectivity index (χ0n) is 16.6. The molecule has 0 radical (unpaired) electrons. The lowest BCUT2D eigenvalue weighted by molar-refractivity contribution is -0.120. The third-order valence-corrected chi connectivity index (χ3v) is 6.86. The summed E-state index contributed by atoms with van der Waals surface area (Å²) in [6.07, 6.45) is 5.23. The van der Waals surface area contributed by atoms with Gasteiger partial charge in [-0.1, -0.05) is 29.5 Å². The van der Waals surface area contributed by atoms with Gasteiger partial charge in [0, 0.05) is 24.2 Å². The third-order valence-electron chi connectivity index (χ3n) is 5.15. The highest BCUT2D eigenvalue weighted by Crippen LogP contribution is 2.35. The number of hydrogen-bond acceptors (Lipinski definition) is 7. The molecular weight excluding hydrogens is 416 g/mol. The van der Waals surface area contributed by atoms with Crippen molar-refractivity contribution in [2.45, 2.75) is 19.3 Å². The number of nitrogens with one attached hydrogen (secondary N) is 1. The summed E-state index contributed by atoms with van der Waals surface area (Å²) in [6.45, 7) is 3.82. The Morgan fingerprint density at radius 3 is 2.87 bits per heavy atom. The fourth-order valence-corrected chi connectivity index (χ4v) is 4.77. The molecule has 4 heterocycles. The van der Waals surface area contributed by atoms with Gasteiger partial charge in [0.05, 0.1) is 23.5 Å². The van der Waals surface area contributed by atoms with Crippen molar-refractivity contribution in [2.75, 3.05) is 5.32 Å². The summed E-state index contributed by atoms with van der Waals surface area (Å²) in [5, 5.41) is 6.20. The van der Waals surface area contributed by atoms with Crippen LogP contribution in [0, 0.1) is 0 Å². The molecule has 7 nitrogen and oxygen atoms in total. The van der Waals surface area contributed by atoms with Crippen LogP contribution in [0.3, 0.4) is 0 Å². The molecule has 0 bridgehead atoms. The number of hydrogen-bond donors (Lipinski definition) is 1. The van der Waals surface area contributed by atoms with Crippen LogP contribution in [0.2, 0.25) is 0 Å². The zero-order chi connectivity index (χ0) is 20.9. The molecule has 1 amide bonds. The first kappa shape index (κ1) is 18.8. The van der Waals surface area contributed by atoms with Gasteiger partial charge < -0.3 is 9.88 Å². The number of carbonyl (C=O) groups is 1. The standard InChI is InChI=1S/C21H18N6OS2/c1-21(2,19(28)26-20-22-7-8-29-20)13-6-4-5-12(9-13)17-25-15-16-14(24-11-27(16)3)10-23-18(15)30-17/h4-11H,1-3H3,(H,22,26,28). The Labute approximate surface area is 180 Å². The van der Waals surface area contributed by atoms with Crippen molar-refractivity contribution in [1.82, 2.24) is 24.5 Å². The summed E-state index contributed by atoms with van der Waals surface area (Å²) in [5.74, 6) is -0.0999. The summed E-state index contributed by atoms with van der Waals surface area (Å²) < 4.78 is 1.96. The molecule has 0 aliphatic carbocycles. The molecule has 0 unspecified atom stereocenters. The molecule has 0 atom stereocenters. The van der Waals surface area contributed by atoms with Crippen LogP contribution in [0.25, 0.3) is 32.0 Å². The van der Waals surface area contributed by atoms with Crippen molar-refractivity contribution >= 4 is 55.1 Å². The Bertz CT molecular complexity index is 1380. The Balaban J connectivity index is 1.54. The van der Waals surface area contributed by atoms with E-state index in [1.165, 1.54) is 22.7 Å². The summed E-state index contributed by atoms with van der Waals surface area (Å²) in [7, 11) is 1.96. The van der Waals surface area contributed by atoms with Gasteiger partial charge in [-0.05, 0) is 25.5 Å². The Kier molecular flexibility index (Phi) is 4.37. The van der Waals surface area contributed by atoms with Gasteiger partial charge in [0.1, 0.15) is 20.9 Å². The minimum absolute atomic E-state index is 0.0999. The molecule has 0 saturated carbocycles. The van der Waals surface area contributed by atoms with Crippen LogP contribution in [-0.2, 0) is 17.3 Å². The molecule has 5 rings (SSSR count). The molecule has 0 saturated heterocycles. The van der Waals surface area contributed by atoms with E-state index in [9.17, 15) is 4.79 Å². The predicted octanol–water partition coefficient (Wildman–Crippen LogP) is 4.62. The normalized spacial score (nSPS) is 12.0. The Morgan fingerprint density at radius 1 is 1.20 bits per heavy atom. The zero-order valence-corrected chi connectivity index (χ0v) is 18.2. The maximum absolute atomic E-state index is 12.9. The van der Waals surface area contributed by atoms with Crippen LogP contribution in [0.4, 0.5) is 5.13 Å². The van der Waals surface area contributed by atoms with Crippen molar-refractivity contribution in [1.29, 1.82) is 0 Å². The fraction of sp³-hybridized carbons (Fsp3) is 0.190. The number of pyridine rings is 1. The van der Waals surface area contributed by atoms with E-state index in [1.807, 2.05) is 55.1 Å². The number of aromatic nitrogens is 5. The topological polar surface area (TPSA) is 85.6 Å². The van der Waals surface area contributed by atoms with E-state index < -0.39 is 5.41 Å². The van der Waals surface area contributed by atoms with Gasteiger partial charge in [0.15, 0.2) is 5.13 Å². The molecule has 1 N–H and O–H groups in total. The molecule has 1 aromatic carbocycles. The molecular formula is C21H18N6OS2. The molecule has 30 heavy (non-hydrogen) atoms. The smallest absolute Gasteiger partial charge is 0.236 e. The second-order valence-corrected chi connectivity index (χ2v) is 9.39. The van der Waals surface area contributed by atoms with Crippen molar-refractivity contribution in [3.05, 3.63) is 53.9 Å². The van der Waals surface area contributed by atoms with Gasteiger partial charge in [-0.25, -0.2) is 19.9 Å². The van der Waals surface area contributed by atoms with E-state index in [0.29, 0.717) is 5.13 Å². The first-order valence-electron chi connectivity index (χ1n) is 9.32. The number of carbonyl (C=O) groups excluding carboxylic acids is 1. The number of aryl methyl sites for hydroxylation is 1. The van der Waals surface area contributed by atoms with Crippen molar-refractivity contribution in [3.8, 4) is 10.6 Å². The van der Waals surface area contributed by atoms with Gasteiger partial charge >= 0.3 is 0 Å². The van der Waals surface area contributed by atoms with Crippen LogP contribution in [0.1, 0.15) is 19.4 Å². The highest BCUT2D eigenvalue weighted by molar-refractivity contribution is 7.21. The minimum Gasteiger partial charge on any atom is -0.332 e. The molecule has 0 aliphatic heterocycles. The summed E-state index contributed by atoms with van der Waals surface area (Å²) in [5.41, 5.74) is 3.79. The monoisotopic (exact) mass is 434 g/mol. The van der Waals surface area contributed by atoms with E-state index in [0.717, 1.165) is 37.5 Å². The van der Waals surface area contributed by atoms with E-state index in [2.05, 4.69) is 20.3 Å². The van der Waals surface area contributed by atoms with Crippen LogP contribution >= 0.6 is 22.7 Å². The van der Waals surface area contributed by atoms with E-state index >= 15 is 0 Å². The number of thiazole rings is 2. The SMILES string of the molecule is Cn1cnc2cnc3sc(-c4cccc(C(C)(C)C(=O)Nc5nccs5)c4)nc3c21. The lowest BCUT2D eigenvalue weighted by Crippen LogP contribution is -2.34. The number of anilines is 1. The molecule has 0 aliphatic rings. The fourth-order valence-electron chi connectivity index (χ4n) is 3.34. The van der Waals surface area contributed by atoms with E-state index in [1.54, 1.807) is 18.7 Å². The highest BCUT2D eigenvalue weighted by atomic mass is 32.1. The van der Waals surface area contributed by atoms with Gasteiger partial charge in [-0.2, -0.15) is 0 Å². The van der Waals surface area contributed by atoms with Gasteiger partial charge in [0.25, 0.3) is 0 Å². The van der Waals surface area contributed by atoms with Gasteiger partial charge in [-0.15, -0.1) is 11.3 Å². The Hall–Kier alpha value is -3.17. The summed E-state index contributed by atoms with van der Waals surface area (Å²) in [4.78, 5) is 31.7. The van der Waals surface area contributed by atoms with E-state index in [4.69, 9.17) is 4.98 Å². The number of amides is 1. The van der Waals surface area contributed by atoms with Gasteiger partial charge in [0.2, 0.25) is 5.91 Å². The van der Waals surface area contributed by atoms with Crippen molar-refractivity contribution in [2.24, 2.45) is 7.05 Å². The van der Waals surface area contributed by atoms with Crippen molar-refractivity contribution < 1.29 is 4.79 Å². The largest absolute Gasteiger partial charge is 0.332 e. The first-order valence-corrected chi connectivity index (χ1v) is 11.0. The summed E-state index contributed by atoms with van der Waals surface area (Å²) >= 11 is 2.94. The van der Waals surface area contributed by atoms with Crippen molar-refractivity contribution in [3.63, 3.8) is 0 Å². The highest BCUT2D eigenvalue weighted by Gasteiger charge is 2.31. The van der Waals surface area contributed by atoms with Gasteiger partial charge in [-0.3, -0.25) is 4.79 Å². The number of rotatable bonds is 4. The molecule has 4 aromatic heterocycles. The number of nitrogens with zero attached hydrogens (tertiary/aromatic N) is 5. The average molecular weight is 435 g/mol. The number of benzene rings is 1. The minimum atomic E-state index is -0.730. The second-order valence-electron chi connectivity index (χ2n) is 7.52. The van der Waals surface area contributed by atoms with Crippen LogP contribution in [0.15, 0.2) is 48.4 Å². The number of imidazole rings is 1. The Morgan fingerprint density at radius 2 is 2.07 bits per heavy atom. The van der Waals surface area contributed by atoms with E-state index in [-0.39, 0.29) is 5.91 Å². The molecule has 0 fully saturated rings. The van der Waals surface area contributed by atoms with Crippen LogP contribution < -0.4 is 5.32 Å². The van der Waals surface area contributed by atoms with Crippen LogP contribution in [0.5, 0.6) is 0 Å². The quantitative estimate of drug-likeness (QED) is 0.446. The molecule has 0 spiro atoms. The molecule has 150 valence electrons. The maximum Gasteiger partial charge on any atom is 0.236 e. The molecule has 5 aromatic rings. The maximum atomic E-state index is 12.9.